The van der Waals surface area contributed by atoms with Crippen LogP contribution in [0.3, 0.4) is 0 Å². The predicted molar refractivity (Wildman–Crippen MR) is 93.8 cm³/mol. The summed E-state index contributed by atoms with van der Waals surface area (Å²) in [5, 5.41) is 0. The fourth-order valence-corrected chi connectivity index (χ4v) is 2.19. The summed E-state index contributed by atoms with van der Waals surface area (Å²) in [6, 6.07) is 16.8. The van der Waals surface area contributed by atoms with E-state index in [-0.39, 0.29) is 5.70 Å². The predicted octanol–water partition coefficient (Wildman–Crippen LogP) is 3.99. The average Bonchev–Trinajstić information content (AvgIpc) is 2.96. The molecule has 0 spiro atoms. The molecule has 0 N–H and O–H groups in total. The molecular weight excluding hydrogens is 302 g/mol. The van der Waals surface area contributed by atoms with Gasteiger partial charge in [-0.05, 0) is 36.8 Å². The van der Waals surface area contributed by atoms with Crippen molar-refractivity contribution in [3.05, 3.63) is 83.6 Å². The van der Waals surface area contributed by atoms with E-state index in [1.165, 1.54) is 0 Å². The van der Waals surface area contributed by atoms with Crippen molar-refractivity contribution in [2.45, 2.75) is 6.92 Å². The summed E-state index contributed by atoms with van der Waals surface area (Å²) in [5.74, 6) is 0.514. The van der Waals surface area contributed by atoms with Gasteiger partial charge in [-0.3, -0.25) is 0 Å². The summed E-state index contributed by atoms with van der Waals surface area (Å²) in [4.78, 5) is 16.4. The Morgan fingerprint density at radius 3 is 2.62 bits per heavy atom. The molecule has 2 aromatic carbocycles. The van der Waals surface area contributed by atoms with Crippen LogP contribution in [0.25, 0.3) is 6.08 Å². The molecule has 1 aliphatic heterocycles. The fraction of sp³-hybridized carbons (Fsp3) is 0.100. The van der Waals surface area contributed by atoms with E-state index in [1.54, 1.807) is 6.08 Å². The Balaban J connectivity index is 1.90. The molecule has 0 saturated carbocycles. The minimum absolute atomic E-state index is 0.250. The maximum atomic E-state index is 12.1. The summed E-state index contributed by atoms with van der Waals surface area (Å²) in [6.07, 6.45) is 1.67. The molecule has 0 amide bonds. The Morgan fingerprint density at radius 2 is 1.88 bits per heavy atom. The van der Waals surface area contributed by atoms with Crippen LogP contribution < -0.4 is 4.74 Å². The second-order valence-corrected chi connectivity index (χ2v) is 5.49. The van der Waals surface area contributed by atoms with Crippen LogP contribution in [0.4, 0.5) is 0 Å². The number of ether oxygens (including phenoxy) is 2. The van der Waals surface area contributed by atoms with E-state index in [2.05, 4.69) is 11.6 Å². The molecule has 0 radical (unpaired) electrons. The van der Waals surface area contributed by atoms with E-state index in [1.807, 2.05) is 61.5 Å². The number of carbonyl (C=O) groups is 1. The van der Waals surface area contributed by atoms with Crippen molar-refractivity contribution in [3.63, 3.8) is 0 Å². The zero-order chi connectivity index (χ0) is 16.9. The number of para-hydroxylation sites is 1. The van der Waals surface area contributed by atoms with Crippen LogP contribution in [-0.4, -0.2) is 18.5 Å². The number of benzene rings is 2. The number of nitrogens with zero attached hydrogens (tertiary/aromatic N) is 1. The van der Waals surface area contributed by atoms with E-state index in [0.717, 1.165) is 16.7 Å². The molecule has 3 rings (SSSR count). The van der Waals surface area contributed by atoms with Gasteiger partial charge in [-0.25, -0.2) is 9.79 Å². The van der Waals surface area contributed by atoms with E-state index in [9.17, 15) is 4.79 Å². The van der Waals surface area contributed by atoms with Crippen molar-refractivity contribution in [2.75, 3.05) is 6.61 Å². The molecule has 0 aromatic heterocycles. The first-order valence-corrected chi connectivity index (χ1v) is 7.57. The lowest BCUT2D eigenvalue weighted by atomic mass is 10.1. The molecular formula is C20H17NO3. The third-order valence-corrected chi connectivity index (χ3v) is 3.33. The molecule has 1 aliphatic rings. The molecule has 0 aliphatic carbocycles. The molecule has 0 unspecified atom stereocenters. The molecule has 24 heavy (non-hydrogen) atoms. The van der Waals surface area contributed by atoms with Crippen molar-refractivity contribution in [1.29, 1.82) is 0 Å². The Labute approximate surface area is 140 Å². The first-order chi connectivity index (χ1) is 11.6. The topological polar surface area (TPSA) is 47.9 Å². The zero-order valence-corrected chi connectivity index (χ0v) is 13.4. The number of hydrogen-bond donors (Lipinski definition) is 0. The van der Waals surface area contributed by atoms with Gasteiger partial charge in [-0.1, -0.05) is 43.0 Å². The van der Waals surface area contributed by atoms with Crippen LogP contribution in [0.15, 0.2) is 77.4 Å². The number of cyclic esters (lactones) is 1. The highest BCUT2D eigenvalue weighted by Crippen LogP contribution is 2.25. The highest BCUT2D eigenvalue weighted by atomic mass is 16.6. The smallest absolute Gasteiger partial charge is 0.363 e. The second kappa shape index (κ2) is 6.96. The normalized spacial score (nSPS) is 15.1. The summed E-state index contributed by atoms with van der Waals surface area (Å²) in [7, 11) is 0. The lowest BCUT2D eigenvalue weighted by Crippen LogP contribution is -2.05. The highest BCUT2D eigenvalue weighted by molar-refractivity contribution is 6.12. The Hall–Kier alpha value is -3.14. The highest BCUT2D eigenvalue weighted by Gasteiger charge is 2.24. The van der Waals surface area contributed by atoms with Crippen LogP contribution in [0.1, 0.15) is 18.1 Å². The van der Waals surface area contributed by atoms with Gasteiger partial charge in [0.25, 0.3) is 0 Å². The van der Waals surface area contributed by atoms with Gasteiger partial charge >= 0.3 is 5.97 Å². The monoisotopic (exact) mass is 319 g/mol. The molecule has 0 bridgehead atoms. The molecule has 4 nitrogen and oxygen atoms in total. The molecule has 1 heterocycles. The van der Waals surface area contributed by atoms with Gasteiger partial charge in [-0.2, -0.15) is 0 Å². The summed E-state index contributed by atoms with van der Waals surface area (Å²) in [5.41, 5.74) is 2.70. The standard InChI is InChI=1S/C20H17NO3/c1-14(2)13-23-18-11-7-6-10-16(18)12-17-20(22)24-19(21-17)15-8-4-3-5-9-15/h3-12H,1,13H2,2H3/b17-12-. The van der Waals surface area contributed by atoms with Gasteiger partial charge in [0.2, 0.25) is 5.90 Å². The molecule has 2 aromatic rings. The van der Waals surface area contributed by atoms with Crippen molar-refractivity contribution < 1.29 is 14.3 Å². The molecule has 0 atom stereocenters. The Kier molecular flexibility index (Phi) is 4.57. The summed E-state index contributed by atoms with van der Waals surface area (Å²) >= 11 is 0. The van der Waals surface area contributed by atoms with E-state index in [0.29, 0.717) is 18.3 Å². The van der Waals surface area contributed by atoms with Crippen molar-refractivity contribution in [1.82, 2.24) is 0 Å². The maximum Gasteiger partial charge on any atom is 0.363 e. The molecule has 0 saturated heterocycles. The number of hydrogen-bond acceptors (Lipinski definition) is 4. The SMILES string of the molecule is C=C(C)COc1ccccc1/C=C1\N=C(c2ccccc2)OC1=O. The van der Waals surface area contributed by atoms with Gasteiger partial charge in [-0.15, -0.1) is 0 Å². The van der Waals surface area contributed by atoms with Crippen LogP contribution in [-0.2, 0) is 9.53 Å². The fourth-order valence-electron chi connectivity index (χ4n) is 2.19. The van der Waals surface area contributed by atoms with E-state index >= 15 is 0 Å². The minimum Gasteiger partial charge on any atom is -0.489 e. The number of rotatable bonds is 5. The van der Waals surface area contributed by atoms with Crippen LogP contribution in [0, 0.1) is 0 Å². The maximum absolute atomic E-state index is 12.1. The minimum atomic E-state index is -0.469. The number of esters is 1. The quantitative estimate of drug-likeness (QED) is 0.476. The summed E-state index contributed by atoms with van der Waals surface area (Å²) < 4.78 is 11.0. The first kappa shape index (κ1) is 15.7. The number of aliphatic imine (C=N–C) groups is 1. The van der Waals surface area contributed by atoms with Gasteiger partial charge < -0.3 is 9.47 Å². The van der Waals surface area contributed by atoms with E-state index in [4.69, 9.17) is 9.47 Å². The van der Waals surface area contributed by atoms with Gasteiger partial charge in [0.1, 0.15) is 12.4 Å². The lowest BCUT2D eigenvalue weighted by Gasteiger charge is -2.08. The van der Waals surface area contributed by atoms with Crippen LogP contribution in [0.2, 0.25) is 0 Å². The van der Waals surface area contributed by atoms with Gasteiger partial charge in [0.15, 0.2) is 5.70 Å². The zero-order valence-electron chi connectivity index (χ0n) is 13.4. The lowest BCUT2D eigenvalue weighted by molar-refractivity contribution is -0.129. The third kappa shape index (κ3) is 3.60. The molecule has 120 valence electrons. The average molecular weight is 319 g/mol. The third-order valence-electron chi connectivity index (χ3n) is 3.33. The van der Waals surface area contributed by atoms with E-state index < -0.39 is 5.97 Å². The number of carbonyl (C=O) groups excluding carboxylic acids is 1. The Bertz CT molecular complexity index is 835. The largest absolute Gasteiger partial charge is 0.489 e. The second-order valence-electron chi connectivity index (χ2n) is 5.49. The first-order valence-electron chi connectivity index (χ1n) is 7.57. The molecule has 0 fully saturated rings. The van der Waals surface area contributed by atoms with Crippen molar-refractivity contribution >= 4 is 17.9 Å². The Morgan fingerprint density at radius 1 is 1.17 bits per heavy atom. The molecule has 4 heteroatoms. The van der Waals surface area contributed by atoms with Gasteiger partial charge in [0, 0.05) is 11.1 Å². The van der Waals surface area contributed by atoms with Crippen LogP contribution >= 0.6 is 0 Å². The van der Waals surface area contributed by atoms with Gasteiger partial charge in [0.05, 0.1) is 0 Å². The summed E-state index contributed by atoms with van der Waals surface area (Å²) in [6.45, 7) is 6.14. The van der Waals surface area contributed by atoms with Crippen LogP contribution in [0.5, 0.6) is 5.75 Å². The van der Waals surface area contributed by atoms with Crippen molar-refractivity contribution in [3.8, 4) is 5.75 Å². The van der Waals surface area contributed by atoms with Crippen molar-refractivity contribution in [2.24, 2.45) is 4.99 Å².